The summed E-state index contributed by atoms with van der Waals surface area (Å²) in [7, 11) is 4.10. The van der Waals surface area contributed by atoms with Gasteiger partial charge in [0, 0.05) is 19.1 Å². The molecule has 0 aliphatic carbocycles. The summed E-state index contributed by atoms with van der Waals surface area (Å²) in [6, 6.07) is 3.47. The maximum absolute atomic E-state index is 11.0. The number of aromatic nitrogens is 1. The molecule has 19 heavy (non-hydrogen) atoms. The molecular weight excluding hydrogens is 244 g/mol. The number of pyridine rings is 1. The van der Waals surface area contributed by atoms with Crippen molar-refractivity contribution in [3.8, 4) is 0 Å². The van der Waals surface area contributed by atoms with Crippen LogP contribution in [0, 0.1) is 5.92 Å². The first-order valence-corrected chi connectivity index (χ1v) is 6.31. The Morgan fingerprint density at radius 2 is 2.16 bits per heavy atom. The minimum Gasteiger partial charge on any atom is -0.477 e. The van der Waals surface area contributed by atoms with Crippen molar-refractivity contribution < 1.29 is 9.90 Å². The van der Waals surface area contributed by atoms with Crippen molar-refractivity contribution in [2.24, 2.45) is 5.92 Å². The van der Waals surface area contributed by atoms with Crippen LogP contribution in [0.15, 0.2) is 12.1 Å². The van der Waals surface area contributed by atoms with Gasteiger partial charge in [-0.05, 0) is 32.1 Å². The molecule has 0 aromatic carbocycles. The van der Waals surface area contributed by atoms with E-state index in [9.17, 15) is 4.79 Å². The number of nitrogen functional groups attached to an aromatic ring is 1. The summed E-state index contributed by atoms with van der Waals surface area (Å²) in [5.74, 6) is 0.0402. The van der Waals surface area contributed by atoms with Gasteiger partial charge in [-0.1, -0.05) is 6.92 Å². The molecule has 1 aliphatic rings. The molecule has 3 N–H and O–H groups in total. The quantitative estimate of drug-likeness (QED) is 0.838. The van der Waals surface area contributed by atoms with Gasteiger partial charge >= 0.3 is 5.97 Å². The largest absolute Gasteiger partial charge is 0.477 e. The van der Waals surface area contributed by atoms with Gasteiger partial charge < -0.3 is 20.6 Å². The van der Waals surface area contributed by atoms with Gasteiger partial charge in [0.15, 0.2) is 11.5 Å². The third-order valence-electron chi connectivity index (χ3n) is 3.66. The Bertz CT molecular complexity index is 490. The predicted molar refractivity (Wildman–Crippen MR) is 74.5 cm³/mol. The number of carbonyl (C=O) groups is 1. The molecule has 0 bridgehead atoms. The Balaban J connectivity index is 2.28. The fourth-order valence-corrected chi connectivity index (χ4v) is 2.63. The van der Waals surface area contributed by atoms with Gasteiger partial charge in [-0.2, -0.15) is 0 Å². The van der Waals surface area contributed by atoms with Crippen molar-refractivity contribution in [2.45, 2.75) is 13.0 Å². The smallest absolute Gasteiger partial charge is 0.354 e. The van der Waals surface area contributed by atoms with Gasteiger partial charge in [0.2, 0.25) is 0 Å². The van der Waals surface area contributed by atoms with Crippen molar-refractivity contribution in [3.63, 3.8) is 0 Å². The molecule has 6 heteroatoms. The highest BCUT2D eigenvalue weighted by Crippen LogP contribution is 2.28. The van der Waals surface area contributed by atoms with Crippen LogP contribution in [0.4, 0.5) is 11.5 Å². The first kappa shape index (κ1) is 13.6. The molecule has 1 aromatic rings. The summed E-state index contributed by atoms with van der Waals surface area (Å²) in [6.45, 7) is 3.83. The molecule has 0 radical (unpaired) electrons. The van der Waals surface area contributed by atoms with Crippen molar-refractivity contribution >= 4 is 17.5 Å². The second-order valence-corrected chi connectivity index (χ2v) is 5.33. The van der Waals surface area contributed by atoms with Crippen molar-refractivity contribution in [1.29, 1.82) is 0 Å². The summed E-state index contributed by atoms with van der Waals surface area (Å²) in [4.78, 5) is 19.4. The van der Waals surface area contributed by atoms with Gasteiger partial charge in [-0.3, -0.25) is 0 Å². The lowest BCUT2D eigenvalue weighted by Gasteiger charge is -2.23. The molecule has 1 saturated heterocycles. The molecular formula is C13H20N4O2. The van der Waals surface area contributed by atoms with Crippen LogP contribution in [0.1, 0.15) is 17.4 Å². The van der Waals surface area contributed by atoms with E-state index in [1.807, 2.05) is 0 Å². The van der Waals surface area contributed by atoms with E-state index in [4.69, 9.17) is 10.8 Å². The van der Waals surface area contributed by atoms with Crippen LogP contribution in [0.5, 0.6) is 0 Å². The molecule has 1 aliphatic heterocycles. The summed E-state index contributed by atoms with van der Waals surface area (Å²) >= 11 is 0. The molecule has 2 unspecified atom stereocenters. The van der Waals surface area contributed by atoms with Gasteiger partial charge in [0.1, 0.15) is 0 Å². The second kappa shape index (κ2) is 5.05. The number of hydrogen-bond donors (Lipinski definition) is 2. The van der Waals surface area contributed by atoms with E-state index in [1.54, 1.807) is 6.07 Å². The minimum absolute atomic E-state index is 0.0326. The zero-order valence-corrected chi connectivity index (χ0v) is 11.5. The van der Waals surface area contributed by atoms with Crippen molar-refractivity contribution in [1.82, 2.24) is 9.88 Å². The van der Waals surface area contributed by atoms with Crippen LogP contribution in [0.2, 0.25) is 0 Å². The summed E-state index contributed by atoms with van der Waals surface area (Å²) in [6.07, 6.45) is 0. The number of nitrogens with zero attached hydrogens (tertiary/aromatic N) is 3. The number of rotatable bonds is 3. The molecule has 1 aromatic heterocycles. The third kappa shape index (κ3) is 2.63. The number of nitrogens with two attached hydrogens (primary N) is 1. The predicted octanol–water partition coefficient (Wildman–Crippen LogP) is 0.748. The highest BCUT2D eigenvalue weighted by atomic mass is 16.4. The van der Waals surface area contributed by atoms with E-state index < -0.39 is 5.97 Å². The van der Waals surface area contributed by atoms with Crippen LogP contribution < -0.4 is 10.6 Å². The third-order valence-corrected chi connectivity index (χ3v) is 3.66. The first-order valence-electron chi connectivity index (χ1n) is 6.31. The van der Waals surface area contributed by atoms with Crippen LogP contribution in [-0.4, -0.2) is 54.2 Å². The van der Waals surface area contributed by atoms with Gasteiger partial charge in [0.25, 0.3) is 0 Å². The van der Waals surface area contributed by atoms with Crippen molar-refractivity contribution in [3.05, 3.63) is 17.8 Å². The lowest BCUT2D eigenvalue weighted by atomic mass is 10.1. The summed E-state index contributed by atoms with van der Waals surface area (Å²) in [5.41, 5.74) is 6.48. The number of hydrogen-bond acceptors (Lipinski definition) is 5. The standard InChI is InChI=1S/C13H20N4O2/c1-8-6-17(7-11(8)16(2)3)12-9(14)4-5-10(15-12)13(18)19/h4-5,8,11H,6-7,14H2,1-3H3,(H,18,19). The van der Waals surface area contributed by atoms with E-state index in [2.05, 4.69) is 35.8 Å². The lowest BCUT2D eigenvalue weighted by Crippen LogP contribution is -2.34. The van der Waals surface area contributed by atoms with Gasteiger partial charge in [0.05, 0.1) is 5.69 Å². The van der Waals surface area contributed by atoms with Crippen LogP contribution in [-0.2, 0) is 0 Å². The number of aromatic carboxylic acids is 1. The summed E-state index contributed by atoms with van der Waals surface area (Å²) in [5, 5.41) is 9.01. The maximum Gasteiger partial charge on any atom is 0.354 e. The molecule has 2 heterocycles. The van der Waals surface area contributed by atoms with E-state index in [0.717, 1.165) is 13.1 Å². The molecule has 2 rings (SSSR count). The van der Waals surface area contributed by atoms with E-state index in [-0.39, 0.29) is 5.69 Å². The molecule has 2 atom stereocenters. The molecule has 6 nitrogen and oxygen atoms in total. The number of carboxylic acid groups (broad SMARTS) is 1. The molecule has 104 valence electrons. The molecule has 0 amide bonds. The van der Waals surface area contributed by atoms with Crippen LogP contribution in [0.3, 0.4) is 0 Å². The zero-order chi connectivity index (χ0) is 14.2. The number of anilines is 2. The van der Waals surface area contributed by atoms with Crippen LogP contribution >= 0.6 is 0 Å². The Morgan fingerprint density at radius 3 is 2.68 bits per heavy atom. The van der Waals surface area contributed by atoms with Gasteiger partial charge in [-0.25, -0.2) is 9.78 Å². The molecule has 1 fully saturated rings. The normalized spacial score (nSPS) is 23.1. The zero-order valence-electron chi connectivity index (χ0n) is 11.5. The van der Waals surface area contributed by atoms with Gasteiger partial charge in [-0.15, -0.1) is 0 Å². The Kier molecular flexibility index (Phi) is 3.61. The average Bonchev–Trinajstić information content (AvgIpc) is 2.71. The Morgan fingerprint density at radius 1 is 1.47 bits per heavy atom. The van der Waals surface area contributed by atoms with Crippen LogP contribution in [0.25, 0.3) is 0 Å². The topological polar surface area (TPSA) is 82.7 Å². The highest BCUT2D eigenvalue weighted by Gasteiger charge is 2.32. The first-order chi connectivity index (χ1) is 8.90. The van der Waals surface area contributed by atoms with E-state index in [1.165, 1.54) is 6.07 Å². The van der Waals surface area contributed by atoms with Crippen molar-refractivity contribution in [2.75, 3.05) is 37.8 Å². The number of carboxylic acids is 1. The Hall–Kier alpha value is -1.82. The lowest BCUT2D eigenvalue weighted by molar-refractivity contribution is 0.0690. The Labute approximate surface area is 112 Å². The SMILES string of the molecule is CC1CN(c2nc(C(=O)O)ccc2N)CC1N(C)C. The second-order valence-electron chi connectivity index (χ2n) is 5.33. The monoisotopic (exact) mass is 264 g/mol. The molecule has 0 saturated carbocycles. The molecule has 0 spiro atoms. The maximum atomic E-state index is 11.0. The van der Waals surface area contributed by atoms with E-state index in [0.29, 0.717) is 23.5 Å². The average molecular weight is 264 g/mol. The fourth-order valence-electron chi connectivity index (χ4n) is 2.63. The van der Waals surface area contributed by atoms with E-state index >= 15 is 0 Å². The highest BCUT2D eigenvalue weighted by molar-refractivity contribution is 5.87. The summed E-state index contributed by atoms with van der Waals surface area (Å²) < 4.78 is 0. The number of likely N-dealkylation sites (N-methyl/N-ethyl adjacent to an activating group) is 1. The minimum atomic E-state index is -1.03. The fraction of sp³-hybridized carbons (Fsp3) is 0.538.